The van der Waals surface area contributed by atoms with Gasteiger partial charge in [-0.2, -0.15) is 15.5 Å². The molecule has 0 radical (unpaired) electrons. The van der Waals surface area contributed by atoms with Crippen molar-refractivity contribution in [3.63, 3.8) is 0 Å². The van der Waals surface area contributed by atoms with Crippen molar-refractivity contribution >= 4 is 17.4 Å². The number of carbonyl (C=O) groups excluding carboxylic acids is 1. The Morgan fingerprint density at radius 2 is 1.89 bits per heavy atom. The molecule has 0 aliphatic rings. The zero-order chi connectivity index (χ0) is 20.7. The molecule has 1 aromatic carbocycles. The SMILES string of the molecule is C=CC(=O)Nc1ccc(COc2nc(N(C)C)c(C#N)c(CC)c2C#N)cc1. The van der Waals surface area contributed by atoms with Gasteiger partial charge in [-0.3, -0.25) is 4.79 Å². The van der Waals surface area contributed by atoms with Gasteiger partial charge in [-0.15, -0.1) is 0 Å². The molecule has 0 aliphatic carbocycles. The summed E-state index contributed by atoms with van der Waals surface area (Å²) in [7, 11) is 3.57. The molecule has 0 saturated heterocycles. The minimum absolute atomic E-state index is 0.194. The molecule has 2 aromatic rings. The van der Waals surface area contributed by atoms with Crippen LogP contribution in [0.5, 0.6) is 5.88 Å². The van der Waals surface area contributed by atoms with E-state index >= 15 is 0 Å². The van der Waals surface area contributed by atoms with E-state index in [0.29, 0.717) is 29.1 Å². The molecular formula is C21H21N5O2. The maximum absolute atomic E-state index is 11.3. The predicted octanol–water partition coefficient (Wildman–Crippen LogP) is 3.16. The summed E-state index contributed by atoms with van der Waals surface area (Å²) in [5.74, 6) is 0.384. The fourth-order valence-electron chi connectivity index (χ4n) is 2.64. The van der Waals surface area contributed by atoms with E-state index in [1.54, 1.807) is 31.1 Å². The van der Waals surface area contributed by atoms with Crippen LogP contribution in [0.4, 0.5) is 11.5 Å². The van der Waals surface area contributed by atoms with Crippen LogP contribution in [0.3, 0.4) is 0 Å². The van der Waals surface area contributed by atoms with Crippen molar-refractivity contribution in [2.75, 3.05) is 24.3 Å². The van der Waals surface area contributed by atoms with Gasteiger partial charge in [-0.1, -0.05) is 25.6 Å². The molecule has 0 fully saturated rings. The van der Waals surface area contributed by atoms with Crippen LogP contribution in [0.15, 0.2) is 36.9 Å². The average molecular weight is 375 g/mol. The Bertz CT molecular complexity index is 966. The molecule has 7 heteroatoms. The number of amides is 1. The molecule has 0 unspecified atom stereocenters. The van der Waals surface area contributed by atoms with E-state index in [9.17, 15) is 15.3 Å². The lowest BCUT2D eigenvalue weighted by Gasteiger charge is -2.18. The van der Waals surface area contributed by atoms with Crippen molar-refractivity contribution in [3.8, 4) is 18.0 Å². The normalized spacial score (nSPS) is 9.75. The zero-order valence-corrected chi connectivity index (χ0v) is 16.1. The van der Waals surface area contributed by atoms with Gasteiger partial charge < -0.3 is 15.0 Å². The first-order valence-electron chi connectivity index (χ1n) is 8.64. The fourth-order valence-corrected chi connectivity index (χ4v) is 2.64. The molecule has 142 valence electrons. The van der Waals surface area contributed by atoms with Crippen molar-refractivity contribution in [3.05, 3.63) is 59.2 Å². The van der Waals surface area contributed by atoms with Crippen molar-refractivity contribution in [1.29, 1.82) is 10.5 Å². The van der Waals surface area contributed by atoms with E-state index in [-0.39, 0.29) is 24.0 Å². The summed E-state index contributed by atoms with van der Waals surface area (Å²) in [6.45, 7) is 5.49. The number of ether oxygens (including phenoxy) is 1. The number of rotatable bonds is 7. The van der Waals surface area contributed by atoms with Gasteiger partial charge in [-0.05, 0) is 35.8 Å². The second-order valence-electron chi connectivity index (χ2n) is 6.12. The first-order chi connectivity index (χ1) is 13.4. The Labute approximate surface area is 164 Å². The van der Waals surface area contributed by atoms with Crippen molar-refractivity contribution in [1.82, 2.24) is 4.98 Å². The lowest BCUT2D eigenvalue weighted by molar-refractivity contribution is -0.111. The smallest absolute Gasteiger partial charge is 0.247 e. The first kappa shape index (κ1) is 20.5. The minimum Gasteiger partial charge on any atom is -0.472 e. The van der Waals surface area contributed by atoms with Gasteiger partial charge in [0.1, 0.15) is 30.1 Å². The van der Waals surface area contributed by atoms with Crippen LogP contribution in [0.1, 0.15) is 29.2 Å². The summed E-state index contributed by atoms with van der Waals surface area (Å²) in [6.07, 6.45) is 1.72. The van der Waals surface area contributed by atoms with Crippen LogP contribution < -0.4 is 15.0 Å². The number of carbonyl (C=O) groups is 1. The second kappa shape index (κ2) is 9.20. The molecule has 1 heterocycles. The van der Waals surface area contributed by atoms with Crippen molar-refractivity contribution < 1.29 is 9.53 Å². The van der Waals surface area contributed by atoms with Crippen molar-refractivity contribution in [2.45, 2.75) is 20.0 Å². The lowest BCUT2D eigenvalue weighted by atomic mass is 10.0. The van der Waals surface area contributed by atoms with Crippen LogP contribution in [-0.4, -0.2) is 25.0 Å². The third-order valence-electron chi connectivity index (χ3n) is 4.03. The van der Waals surface area contributed by atoms with Gasteiger partial charge in [0.25, 0.3) is 0 Å². The number of anilines is 2. The number of nitrogens with zero attached hydrogens (tertiary/aromatic N) is 4. The highest BCUT2D eigenvalue weighted by Gasteiger charge is 2.21. The zero-order valence-electron chi connectivity index (χ0n) is 16.1. The van der Waals surface area contributed by atoms with Crippen LogP contribution in [0.2, 0.25) is 0 Å². The lowest BCUT2D eigenvalue weighted by Crippen LogP contribution is -2.16. The molecular weight excluding hydrogens is 354 g/mol. The Balaban J connectivity index is 2.30. The number of benzene rings is 1. The third-order valence-corrected chi connectivity index (χ3v) is 4.03. The van der Waals surface area contributed by atoms with Gasteiger partial charge in [0.05, 0.1) is 5.56 Å². The number of aromatic nitrogens is 1. The van der Waals surface area contributed by atoms with Crippen molar-refractivity contribution in [2.24, 2.45) is 0 Å². The summed E-state index contributed by atoms with van der Waals surface area (Å²) in [5.41, 5.74) is 2.78. The van der Waals surface area contributed by atoms with Crippen LogP contribution in [0.25, 0.3) is 0 Å². The number of pyridine rings is 1. The summed E-state index contributed by atoms with van der Waals surface area (Å²) < 4.78 is 5.82. The molecule has 2 rings (SSSR count). The Morgan fingerprint density at radius 1 is 1.25 bits per heavy atom. The molecule has 0 bridgehead atoms. The molecule has 0 atom stereocenters. The van der Waals surface area contributed by atoms with Gasteiger partial charge in [0.15, 0.2) is 0 Å². The molecule has 1 aromatic heterocycles. The summed E-state index contributed by atoms with van der Waals surface area (Å²) in [6, 6.07) is 11.4. The minimum atomic E-state index is -0.284. The molecule has 28 heavy (non-hydrogen) atoms. The van der Waals surface area contributed by atoms with E-state index in [4.69, 9.17) is 4.74 Å². The van der Waals surface area contributed by atoms with Gasteiger partial charge in [0, 0.05) is 19.8 Å². The number of hydrogen-bond donors (Lipinski definition) is 1. The molecule has 1 amide bonds. The maximum Gasteiger partial charge on any atom is 0.247 e. The van der Waals surface area contributed by atoms with E-state index in [1.807, 2.05) is 19.1 Å². The number of hydrogen-bond acceptors (Lipinski definition) is 6. The third kappa shape index (κ3) is 4.46. The van der Waals surface area contributed by atoms with Gasteiger partial charge >= 0.3 is 0 Å². The van der Waals surface area contributed by atoms with E-state index in [0.717, 1.165) is 5.56 Å². The van der Waals surface area contributed by atoms with E-state index in [2.05, 4.69) is 29.0 Å². The monoisotopic (exact) mass is 375 g/mol. The summed E-state index contributed by atoms with van der Waals surface area (Å²) >= 11 is 0. The van der Waals surface area contributed by atoms with E-state index < -0.39 is 0 Å². The number of nitriles is 2. The molecule has 0 spiro atoms. The maximum atomic E-state index is 11.3. The Kier molecular flexibility index (Phi) is 6.73. The Hall–Kier alpha value is -3.84. The summed E-state index contributed by atoms with van der Waals surface area (Å²) in [5, 5.41) is 21.7. The average Bonchev–Trinajstić information content (AvgIpc) is 2.71. The highest BCUT2D eigenvalue weighted by atomic mass is 16.5. The fraction of sp³-hybridized carbons (Fsp3) is 0.238. The van der Waals surface area contributed by atoms with Crippen LogP contribution >= 0.6 is 0 Å². The molecule has 1 N–H and O–H groups in total. The molecule has 7 nitrogen and oxygen atoms in total. The highest BCUT2D eigenvalue weighted by molar-refractivity contribution is 5.98. The Morgan fingerprint density at radius 3 is 2.39 bits per heavy atom. The molecule has 0 aliphatic heterocycles. The largest absolute Gasteiger partial charge is 0.472 e. The van der Waals surface area contributed by atoms with Gasteiger partial charge in [-0.25, -0.2) is 0 Å². The topological polar surface area (TPSA) is 102 Å². The number of nitrogens with one attached hydrogen (secondary N) is 1. The quantitative estimate of drug-likeness (QED) is 0.746. The summed E-state index contributed by atoms with van der Waals surface area (Å²) in [4.78, 5) is 17.4. The standard InChI is InChI=1S/C21H21N5O2/c1-5-16-17(11-22)20(26(3)4)25-21(18(16)12-23)28-13-14-7-9-15(10-8-14)24-19(27)6-2/h6-10H,2,5,13H2,1,3-4H3,(H,24,27). The van der Waals surface area contributed by atoms with E-state index in [1.165, 1.54) is 6.08 Å². The second-order valence-corrected chi connectivity index (χ2v) is 6.12. The van der Waals surface area contributed by atoms with Gasteiger partial charge in [0.2, 0.25) is 11.8 Å². The predicted molar refractivity (Wildman–Crippen MR) is 107 cm³/mol. The molecule has 0 saturated carbocycles. The van der Waals surface area contributed by atoms with Crippen LogP contribution in [0, 0.1) is 22.7 Å². The highest BCUT2D eigenvalue weighted by Crippen LogP contribution is 2.30. The van der Waals surface area contributed by atoms with Crippen LogP contribution in [-0.2, 0) is 17.8 Å². The first-order valence-corrected chi connectivity index (χ1v) is 8.64.